The van der Waals surface area contributed by atoms with Gasteiger partial charge in [0.15, 0.2) is 0 Å². The maximum absolute atomic E-state index is 13.9. The smallest absolute Gasteiger partial charge is 0.132 e. The molecule has 0 aliphatic carbocycles. The van der Waals surface area contributed by atoms with Crippen molar-refractivity contribution in [3.8, 4) is 21.8 Å². The molecule has 0 N–H and O–H groups in total. The lowest BCUT2D eigenvalue weighted by atomic mass is 10.1. The number of halogens is 2. The number of rotatable bonds is 2. The normalized spacial score (nSPS) is 10.8. The van der Waals surface area contributed by atoms with Crippen LogP contribution in [0.2, 0.25) is 0 Å². The van der Waals surface area contributed by atoms with Crippen LogP contribution in [-0.2, 0) is 0 Å². The quantitative estimate of drug-likeness (QED) is 0.580. The summed E-state index contributed by atoms with van der Waals surface area (Å²) in [5.41, 5.74) is 2.31. The first-order valence-corrected chi connectivity index (χ1v) is 7.75. The van der Waals surface area contributed by atoms with Crippen molar-refractivity contribution < 1.29 is 4.39 Å². The Kier molecular flexibility index (Phi) is 3.68. The van der Waals surface area contributed by atoms with Gasteiger partial charge >= 0.3 is 0 Å². The van der Waals surface area contributed by atoms with Crippen molar-refractivity contribution in [3.63, 3.8) is 0 Å². The minimum atomic E-state index is -0.237. The third-order valence-electron chi connectivity index (χ3n) is 3.03. The topological polar surface area (TPSA) is 12.9 Å². The van der Waals surface area contributed by atoms with Crippen LogP contribution in [-0.4, -0.2) is 4.98 Å². The van der Waals surface area contributed by atoms with E-state index in [1.807, 2.05) is 37.3 Å². The van der Waals surface area contributed by atoms with E-state index in [9.17, 15) is 4.39 Å². The van der Waals surface area contributed by atoms with Gasteiger partial charge in [0.1, 0.15) is 10.8 Å². The molecule has 20 heavy (non-hydrogen) atoms. The zero-order valence-electron chi connectivity index (χ0n) is 10.7. The van der Waals surface area contributed by atoms with Crippen LogP contribution in [0.3, 0.4) is 0 Å². The Labute approximate surface area is 129 Å². The summed E-state index contributed by atoms with van der Waals surface area (Å²) in [6, 6.07) is 14.7. The van der Waals surface area contributed by atoms with Crippen LogP contribution >= 0.6 is 27.3 Å². The van der Waals surface area contributed by atoms with Gasteiger partial charge in [-0.05, 0) is 25.1 Å². The molecule has 2 aromatic carbocycles. The van der Waals surface area contributed by atoms with Crippen molar-refractivity contribution in [2.75, 3.05) is 0 Å². The third-order valence-corrected chi connectivity index (χ3v) is 4.73. The highest BCUT2D eigenvalue weighted by atomic mass is 79.9. The Morgan fingerprint density at radius 2 is 1.65 bits per heavy atom. The van der Waals surface area contributed by atoms with Crippen molar-refractivity contribution in [1.82, 2.24) is 4.98 Å². The average Bonchev–Trinajstić information content (AvgIpc) is 2.81. The SMILES string of the molecule is Cc1sc(-c2ccccc2Br)nc1-c1ccccc1F. The highest BCUT2D eigenvalue weighted by molar-refractivity contribution is 9.10. The number of hydrogen-bond acceptors (Lipinski definition) is 2. The summed E-state index contributed by atoms with van der Waals surface area (Å²) in [6.07, 6.45) is 0. The van der Waals surface area contributed by atoms with Crippen molar-refractivity contribution in [3.05, 3.63) is 63.7 Å². The van der Waals surface area contributed by atoms with E-state index in [0.717, 1.165) is 25.6 Å². The summed E-state index contributed by atoms with van der Waals surface area (Å²) in [5.74, 6) is -0.237. The Hall–Kier alpha value is -1.52. The van der Waals surface area contributed by atoms with E-state index >= 15 is 0 Å². The Morgan fingerprint density at radius 1 is 1.00 bits per heavy atom. The lowest BCUT2D eigenvalue weighted by Crippen LogP contribution is -1.86. The Bertz CT molecular complexity index is 767. The van der Waals surface area contributed by atoms with Gasteiger partial charge in [-0.25, -0.2) is 9.37 Å². The summed E-state index contributed by atoms with van der Waals surface area (Å²) in [5, 5.41) is 0.897. The molecule has 0 aliphatic heterocycles. The molecule has 0 bridgehead atoms. The van der Waals surface area contributed by atoms with Crippen LogP contribution in [0.25, 0.3) is 21.8 Å². The van der Waals surface area contributed by atoms with E-state index in [0.29, 0.717) is 5.56 Å². The van der Waals surface area contributed by atoms with Crippen LogP contribution in [0.15, 0.2) is 53.0 Å². The second-order valence-electron chi connectivity index (χ2n) is 4.38. The molecule has 0 atom stereocenters. The fourth-order valence-electron chi connectivity index (χ4n) is 2.05. The predicted octanol–water partition coefficient (Wildman–Crippen LogP) is 5.69. The lowest BCUT2D eigenvalue weighted by Gasteiger charge is -2.00. The summed E-state index contributed by atoms with van der Waals surface area (Å²) in [4.78, 5) is 5.64. The minimum Gasteiger partial charge on any atom is -0.236 e. The lowest BCUT2D eigenvalue weighted by molar-refractivity contribution is 0.631. The van der Waals surface area contributed by atoms with E-state index in [2.05, 4.69) is 20.9 Å². The molecule has 0 aliphatic rings. The summed E-state index contributed by atoms with van der Waals surface area (Å²) >= 11 is 5.11. The van der Waals surface area contributed by atoms with E-state index in [4.69, 9.17) is 0 Å². The average molecular weight is 348 g/mol. The van der Waals surface area contributed by atoms with Gasteiger partial charge in [0.2, 0.25) is 0 Å². The number of benzene rings is 2. The highest BCUT2D eigenvalue weighted by Crippen LogP contribution is 2.36. The molecule has 0 saturated heterocycles. The van der Waals surface area contributed by atoms with Crippen molar-refractivity contribution in [2.24, 2.45) is 0 Å². The molecule has 0 spiro atoms. The van der Waals surface area contributed by atoms with Gasteiger partial charge in [-0.2, -0.15) is 0 Å². The number of thiazole rings is 1. The Balaban J connectivity index is 2.13. The second-order valence-corrected chi connectivity index (χ2v) is 6.44. The van der Waals surface area contributed by atoms with Gasteiger partial charge in [0.05, 0.1) is 5.69 Å². The molecule has 0 saturated carbocycles. The van der Waals surface area contributed by atoms with Gasteiger partial charge in [-0.15, -0.1) is 11.3 Å². The molecular weight excluding hydrogens is 337 g/mol. The van der Waals surface area contributed by atoms with Gasteiger partial charge in [0, 0.05) is 20.5 Å². The van der Waals surface area contributed by atoms with Crippen LogP contribution in [0, 0.1) is 12.7 Å². The van der Waals surface area contributed by atoms with E-state index in [-0.39, 0.29) is 5.82 Å². The molecule has 1 heterocycles. The molecule has 3 aromatic rings. The minimum absolute atomic E-state index is 0.237. The summed E-state index contributed by atoms with van der Waals surface area (Å²) < 4.78 is 14.9. The number of nitrogens with zero attached hydrogens (tertiary/aromatic N) is 1. The molecule has 1 aromatic heterocycles. The largest absolute Gasteiger partial charge is 0.236 e. The first kappa shape index (κ1) is 13.5. The number of aromatic nitrogens is 1. The zero-order chi connectivity index (χ0) is 14.1. The first-order chi connectivity index (χ1) is 9.66. The van der Waals surface area contributed by atoms with E-state index in [1.54, 1.807) is 23.5 Å². The number of aryl methyl sites for hydroxylation is 1. The van der Waals surface area contributed by atoms with Crippen LogP contribution in [0.5, 0.6) is 0 Å². The van der Waals surface area contributed by atoms with Crippen LogP contribution in [0.4, 0.5) is 4.39 Å². The van der Waals surface area contributed by atoms with E-state index in [1.165, 1.54) is 6.07 Å². The molecule has 0 radical (unpaired) electrons. The van der Waals surface area contributed by atoms with Gasteiger partial charge < -0.3 is 0 Å². The first-order valence-electron chi connectivity index (χ1n) is 6.14. The number of hydrogen-bond donors (Lipinski definition) is 0. The van der Waals surface area contributed by atoms with Crippen molar-refractivity contribution >= 4 is 27.3 Å². The molecule has 4 heteroatoms. The Morgan fingerprint density at radius 3 is 2.35 bits per heavy atom. The van der Waals surface area contributed by atoms with Crippen LogP contribution < -0.4 is 0 Å². The second kappa shape index (κ2) is 5.46. The molecule has 100 valence electrons. The van der Waals surface area contributed by atoms with Gasteiger partial charge in [-0.1, -0.05) is 46.3 Å². The standard InChI is InChI=1S/C16H11BrFNS/c1-10-15(12-7-3-5-9-14(12)18)19-16(20-10)11-6-2-4-8-13(11)17/h2-9H,1H3. The maximum atomic E-state index is 13.9. The van der Waals surface area contributed by atoms with E-state index < -0.39 is 0 Å². The molecule has 0 amide bonds. The molecule has 0 unspecified atom stereocenters. The highest BCUT2D eigenvalue weighted by Gasteiger charge is 2.15. The molecular formula is C16H11BrFNS. The monoisotopic (exact) mass is 347 g/mol. The summed E-state index contributed by atoms with van der Waals surface area (Å²) in [7, 11) is 0. The van der Waals surface area contributed by atoms with Crippen LogP contribution in [0.1, 0.15) is 4.88 Å². The van der Waals surface area contributed by atoms with Crippen molar-refractivity contribution in [1.29, 1.82) is 0 Å². The third kappa shape index (κ3) is 2.41. The summed E-state index contributed by atoms with van der Waals surface area (Å²) in [6.45, 7) is 1.97. The fraction of sp³-hybridized carbons (Fsp3) is 0.0625. The zero-order valence-corrected chi connectivity index (χ0v) is 13.1. The fourth-order valence-corrected chi connectivity index (χ4v) is 3.62. The molecule has 3 rings (SSSR count). The van der Waals surface area contributed by atoms with Gasteiger partial charge in [0.25, 0.3) is 0 Å². The van der Waals surface area contributed by atoms with Gasteiger partial charge in [-0.3, -0.25) is 0 Å². The van der Waals surface area contributed by atoms with Crippen molar-refractivity contribution in [2.45, 2.75) is 6.92 Å². The molecule has 0 fully saturated rings. The molecule has 1 nitrogen and oxygen atoms in total. The predicted molar refractivity (Wildman–Crippen MR) is 85.4 cm³/mol. The maximum Gasteiger partial charge on any atom is 0.132 e.